The third kappa shape index (κ3) is 9.08. The average Bonchev–Trinajstić information content (AvgIpc) is 3.00. The van der Waals surface area contributed by atoms with E-state index in [1.165, 1.54) is 24.3 Å². The summed E-state index contributed by atoms with van der Waals surface area (Å²) in [5.41, 5.74) is -2.89. The molecule has 13 heteroatoms. The van der Waals surface area contributed by atoms with E-state index in [0.717, 1.165) is 22.7 Å². The summed E-state index contributed by atoms with van der Waals surface area (Å²) in [7, 11) is -2.84. The molecule has 0 spiro atoms. The normalized spacial score (nSPS) is 13.1. The molecule has 0 aliphatic carbocycles. The molecule has 47 heavy (non-hydrogen) atoms. The zero-order valence-electron chi connectivity index (χ0n) is 25.7. The van der Waals surface area contributed by atoms with Gasteiger partial charge in [-0.05, 0) is 77.8 Å². The first-order valence-electron chi connectivity index (χ1n) is 14.5. The maximum Gasteiger partial charge on any atom is 0.416 e. The molecule has 0 amide bonds. The number of nitro groups is 1. The molecule has 5 nitrogen and oxygen atoms in total. The van der Waals surface area contributed by atoms with Gasteiger partial charge in [-0.25, -0.2) is 0 Å². The smallest absolute Gasteiger partial charge is 0.356 e. The fraction of sp³-hybridized carbons (Fsp3) is 0.265. The second-order valence-electron chi connectivity index (χ2n) is 12.2. The molecule has 0 heterocycles. The van der Waals surface area contributed by atoms with Crippen LogP contribution >= 0.6 is 19.5 Å². The van der Waals surface area contributed by atoms with Gasteiger partial charge in [0, 0.05) is 17.8 Å². The summed E-state index contributed by atoms with van der Waals surface area (Å²) in [6.45, 7) is 5.90. The number of benzene rings is 4. The van der Waals surface area contributed by atoms with Crippen molar-refractivity contribution < 1.29 is 31.3 Å². The molecule has 0 fully saturated rings. The van der Waals surface area contributed by atoms with Crippen molar-refractivity contribution in [3.63, 3.8) is 0 Å². The predicted octanol–water partition coefficient (Wildman–Crippen LogP) is 9.20. The Morgan fingerprint density at radius 3 is 1.66 bits per heavy atom. The summed E-state index contributed by atoms with van der Waals surface area (Å²) in [4.78, 5) is 10.5. The highest BCUT2D eigenvalue weighted by Gasteiger charge is 2.48. The number of nitro benzene ring substituents is 1. The Labute approximate surface area is 274 Å². The van der Waals surface area contributed by atoms with Crippen molar-refractivity contribution in [1.29, 1.82) is 0 Å². The number of hydrogen-bond donors (Lipinski definition) is 2. The van der Waals surface area contributed by atoms with Crippen LogP contribution in [0, 0.1) is 15.5 Å². The number of nitrogens with one attached hydrogen (secondary N) is 2. The van der Waals surface area contributed by atoms with Crippen molar-refractivity contribution in [3.05, 3.63) is 130 Å². The van der Waals surface area contributed by atoms with E-state index in [1.54, 1.807) is 36.4 Å². The van der Waals surface area contributed by atoms with Gasteiger partial charge in [-0.15, -0.1) is 0 Å². The lowest BCUT2D eigenvalue weighted by Crippen LogP contribution is -2.50. The number of anilines is 1. The maximum atomic E-state index is 13.9. The first-order valence-corrected chi connectivity index (χ1v) is 17.0. The summed E-state index contributed by atoms with van der Waals surface area (Å²) < 4.78 is 83.7. The molecule has 248 valence electrons. The second-order valence-corrected chi connectivity index (χ2v) is 16.3. The molecule has 2 N–H and O–H groups in total. The van der Waals surface area contributed by atoms with Crippen molar-refractivity contribution in [2.75, 3.05) is 11.5 Å². The topological polar surface area (TPSA) is 67.2 Å². The van der Waals surface area contributed by atoms with E-state index in [-0.39, 0.29) is 28.6 Å². The third-order valence-electron chi connectivity index (χ3n) is 7.78. The lowest BCUT2D eigenvalue weighted by molar-refractivity contribution is -0.384. The maximum absolute atomic E-state index is 13.9. The highest BCUT2D eigenvalue weighted by atomic mass is 32.1. The largest absolute Gasteiger partial charge is 0.416 e. The third-order valence-corrected chi connectivity index (χ3v) is 12.5. The molecule has 4 aromatic rings. The number of halogens is 6. The van der Waals surface area contributed by atoms with Crippen LogP contribution in [0.5, 0.6) is 0 Å². The minimum absolute atomic E-state index is 0.0765. The fourth-order valence-corrected chi connectivity index (χ4v) is 10.3. The van der Waals surface area contributed by atoms with Crippen molar-refractivity contribution >= 4 is 46.6 Å². The van der Waals surface area contributed by atoms with Gasteiger partial charge in [0.1, 0.15) is 0 Å². The van der Waals surface area contributed by atoms with Crippen LogP contribution in [-0.4, -0.2) is 22.2 Å². The van der Waals surface area contributed by atoms with Gasteiger partial charge in [-0.3, -0.25) is 10.1 Å². The van der Waals surface area contributed by atoms with Gasteiger partial charge in [0.25, 0.3) is 5.69 Å². The van der Waals surface area contributed by atoms with Crippen LogP contribution in [-0.2, 0) is 18.5 Å². The first kappa shape index (κ1) is 35.8. The van der Waals surface area contributed by atoms with Crippen LogP contribution in [0.25, 0.3) is 0 Å². The molecule has 4 aromatic carbocycles. The number of alkyl halides is 6. The van der Waals surface area contributed by atoms with E-state index in [9.17, 15) is 36.5 Å². The Kier molecular flexibility index (Phi) is 10.7. The van der Waals surface area contributed by atoms with Crippen molar-refractivity contribution in [1.82, 2.24) is 5.32 Å². The molecular weight excluding hydrogens is 659 g/mol. The molecule has 0 aliphatic heterocycles. The van der Waals surface area contributed by atoms with E-state index >= 15 is 0 Å². The minimum atomic E-state index is -4.98. The van der Waals surface area contributed by atoms with E-state index in [2.05, 4.69) is 10.6 Å². The lowest BCUT2D eigenvalue weighted by Gasteiger charge is -2.38. The SMILES string of the molecule is CC(C)(C)[C@@H](C[P+](Cc1cc(C(F)(F)F)cc(C(F)(F)F)c1)(c1ccccc1)c1ccccc1)NC(=S)Nc1ccc([N+](=O)[O-])cc1. The number of thiocarbonyl (C=S) groups is 1. The second kappa shape index (κ2) is 14.0. The fourth-order valence-electron chi connectivity index (χ4n) is 5.30. The number of nitrogens with zero attached hydrogens (tertiary/aromatic N) is 1. The Bertz CT molecular complexity index is 1620. The first-order chi connectivity index (χ1) is 21.9. The van der Waals surface area contributed by atoms with Crippen LogP contribution in [0.4, 0.5) is 37.7 Å². The molecule has 0 radical (unpaired) electrons. The highest BCUT2D eigenvalue weighted by Crippen LogP contribution is 2.61. The van der Waals surface area contributed by atoms with E-state index in [1.807, 2.05) is 45.0 Å². The monoisotopic (exact) mass is 692 g/mol. The Morgan fingerprint density at radius 1 is 0.787 bits per heavy atom. The molecule has 4 rings (SSSR count). The number of rotatable bonds is 9. The van der Waals surface area contributed by atoms with Crippen LogP contribution in [0.3, 0.4) is 0 Å². The van der Waals surface area contributed by atoms with Gasteiger partial charge in [0.05, 0.1) is 52.3 Å². The van der Waals surface area contributed by atoms with Gasteiger partial charge < -0.3 is 10.6 Å². The molecule has 1 atom stereocenters. The van der Waals surface area contributed by atoms with Gasteiger partial charge in [-0.1, -0.05) is 57.2 Å². The molecule has 0 bridgehead atoms. The molecule has 0 saturated carbocycles. The summed E-state index contributed by atoms with van der Waals surface area (Å²) in [6, 6.07) is 25.3. The Morgan fingerprint density at radius 2 is 1.26 bits per heavy atom. The van der Waals surface area contributed by atoms with Crippen molar-refractivity contribution in [2.24, 2.45) is 5.41 Å². The van der Waals surface area contributed by atoms with Crippen molar-refractivity contribution in [2.45, 2.75) is 45.3 Å². The Balaban J connectivity index is 1.84. The van der Waals surface area contributed by atoms with Gasteiger partial charge in [-0.2, -0.15) is 26.3 Å². The molecule has 0 saturated heterocycles. The van der Waals surface area contributed by atoms with Crippen LogP contribution in [0.1, 0.15) is 37.5 Å². The van der Waals surface area contributed by atoms with Gasteiger partial charge in [0.15, 0.2) is 5.11 Å². The molecule has 0 unspecified atom stereocenters. The summed E-state index contributed by atoms with van der Waals surface area (Å²) in [5.74, 6) is 0. The van der Waals surface area contributed by atoms with Gasteiger partial charge >= 0.3 is 12.4 Å². The standard InChI is InChI=1S/C34H32F6N3O2PS/c1-32(2,3)30(42-31(47)41-26-14-16-27(17-15-26)43(44)45)22-46(28-10-6-4-7-11-28,29-12-8-5-9-13-29)21-23-18-24(33(35,36)37)20-25(19-23)34(38,39)40/h4-20,30H,21-22H2,1-3H3,(H-,41,42,47)/p+1/t30-/m1/s1. The predicted molar refractivity (Wildman–Crippen MR) is 180 cm³/mol. The average molecular weight is 693 g/mol. The van der Waals surface area contributed by atoms with Crippen LogP contribution in [0.15, 0.2) is 103 Å². The van der Waals surface area contributed by atoms with E-state index < -0.39 is 47.1 Å². The Hall–Kier alpha value is -4.02. The van der Waals surface area contributed by atoms with Gasteiger partial charge in [0.2, 0.25) is 0 Å². The zero-order valence-corrected chi connectivity index (χ0v) is 27.4. The van der Waals surface area contributed by atoms with E-state index in [4.69, 9.17) is 12.2 Å². The quantitative estimate of drug-likeness (QED) is 0.0602. The van der Waals surface area contributed by atoms with Crippen LogP contribution in [0.2, 0.25) is 0 Å². The molecule has 0 aliphatic rings. The lowest BCUT2D eigenvalue weighted by atomic mass is 9.88. The number of non-ortho nitro benzene ring substituents is 1. The number of hydrogen-bond acceptors (Lipinski definition) is 3. The van der Waals surface area contributed by atoms with Crippen LogP contribution < -0.4 is 21.2 Å². The van der Waals surface area contributed by atoms with Crippen molar-refractivity contribution in [3.8, 4) is 0 Å². The van der Waals surface area contributed by atoms with E-state index in [0.29, 0.717) is 11.8 Å². The molecule has 0 aromatic heterocycles. The summed E-state index contributed by atoms with van der Waals surface area (Å²) in [5, 5.41) is 19.3. The summed E-state index contributed by atoms with van der Waals surface area (Å²) in [6.07, 6.45) is -9.72. The molecular formula is C34H33F6N3O2PS+. The minimum Gasteiger partial charge on any atom is -0.356 e. The highest BCUT2D eigenvalue weighted by molar-refractivity contribution is 7.88. The zero-order chi connectivity index (χ0) is 34.6. The summed E-state index contributed by atoms with van der Waals surface area (Å²) >= 11 is 5.64.